The molecule has 180 valence electrons. The molecule has 0 saturated carbocycles. The maximum Gasteiger partial charge on any atom is 0.295 e. The standard InChI is InChI=1S/C26H30N2O6/c1-16(2)34-19-7-5-6-17(14-19)23-22(25(30)26(31)28(23)11-12-32-4)24(29)18-8-9-21-20(15-18)27(3)10-13-33-21/h5-9,14-16,23,29H,10-13H2,1-4H3/b24-22-. The molecule has 0 aliphatic carbocycles. The first-order valence-electron chi connectivity index (χ1n) is 11.3. The molecule has 4 rings (SSSR count). The number of ether oxygens (including phenoxy) is 3. The first-order chi connectivity index (χ1) is 16.3. The molecule has 2 aromatic carbocycles. The second kappa shape index (κ2) is 9.77. The Labute approximate surface area is 199 Å². The first kappa shape index (κ1) is 23.6. The van der Waals surface area contributed by atoms with E-state index in [1.807, 2.05) is 44.0 Å². The van der Waals surface area contributed by atoms with Crippen molar-refractivity contribution in [1.82, 2.24) is 4.90 Å². The van der Waals surface area contributed by atoms with Crippen LogP contribution in [-0.2, 0) is 14.3 Å². The van der Waals surface area contributed by atoms with Gasteiger partial charge in [0.25, 0.3) is 11.7 Å². The third-order valence-electron chi connectivity index (χ3n) is 5.95. The molecule has 1 unspecified atom stereocenters. The van der Waals surface area contributed by atoms with Gasteiger partial charge < -0.3 is 29.1 Å². The van der Waals surface area contributed by atoms with Gasteiger partial charge in [0.05, 0.1) is 36.6 Å². The van der Waals surface area contributed by atoms with Crippen LogP contribution in [0.5, 0.6) is 11.5 Å². The van der Waals surface area contributed by atoms with E-state index in [2.05, 4.69) is 0 Å². The molecule has 1 N–H and O–H groups in total. The fourth-order valence-electron chi connectivity index (χ4n) is 4.33. The fraction of sp³-hybridized carbons (Fsp3) is 0.385. The summed E-state index contributed by atoms with van der Waals surface area (Å²) < 4.78 is 16.7. The van der Waals surface area contributed by atoms with E-state index in [-0.39, 0.29) is 30.6 Å². The van der Waals surface area contributed by atoms with Crippen LogP contribution in [0.15, 0.2) is 48.0 Å². The number of nitrogens with zero attached hydrogens (tertiary/aromatic N) is 2. The highest BCUT2D eigenvalue weighted by Gasteiger charge is 2.46. The van der Waals surface area contributed by atoms with Gasteiger partial charge in [-0.1, -0.05) is 12.1 Å². The number of likely N-dealkylation sites (N-methyl/N-ethyl adjacent to an activating group) is 1. The van der Waals surface area contributed by atoms with Crippen molar-refractivity contribution >= 4 is 23.1 Å². The third kappa shape index (κ3) is 4.46. The molecule has 0 spiro atoms. The molecule has 1 saturated heterocycles. The van der Waals surface area contributed by atoms with Crippen LogP contribution >= 0.6 is 0 Å². The molecular formula is C26H30N2O6. The molecular weight excluding hydrogens is 436 g/mol. The normalized spacial score (nSPS) is 19.4. The zero-order chi connectivity index (χ0) is 24.4. The summed E-state index contributed by atoms with van der Waals surface area (Å²) in [5, 5.41) is 11.3. The molecule has 0 bridgehead atoms. The van der Waals surface area contributed by atoms with Gasteiger partial charge in [-0.2, -0.15) is 0 Å². The molecule has 1 fully saturated rings. The molecule has 8 heteroatoms. The molecule has 0 aromatic heterocycles. The average Bonchev–Trinajstić information content (AvgIpc) is 3.07. The Bertz CT molecular complexity index is 1130. The van der Waals surface area contributed by atoms with Crippen molar-refractivity contribution in [3.8, 4) is 11.5 Å². The van der Waals surface area contributed by atoms with Crippen LogP contribution in [-0.4, -0.2) is 68.3 Å². The molecule has 34 heavy (non-hydrogen) atoms. The predicted octanol–water partition coefficient (Wildman–Crippen LogP) is 3.37. The van der Waals surface area contributed by atoms with Crippen molar-refractivity contribution < 1.29 is 28.9 Å². The Morgan fingerprint density at radius 1 is 1.21 bits per heavy atom. The molecule has 0 radical (unpaired) electrons. The number of carbonyl (C=O) groups excluding carboxylic acids is 2. The number of aliphatic hydroxyl groups excluding tert-OH is 1. The van der Waals surface area contributed by atoms with Crippen LogP contribution < -0.4 is 14.4 Å². The predicted molar refractivity (Wildman–Crippen MR) is 128 cm³/mol. The number of hydrogen-bond donors (Lipinski definition) is 1. The summed E-state index contributed by atoms with van der Waals surface area (Å²) in [4.78, 5) is 29.7. The van der Waals surface area contributed by atoms with Gasteiger partial charge in [-0.3, -0.25) is 9.59 Å². The number of aliphatic hydroxyl groups is 1. The molecule has 2 aliphatic rings. The van der Waals surface area contributed by atoms with Gasteiger partial charge in [-0.05, 0) is 49.7 Å². The van der Waals surface area contributed by atoms with Gasteiger partial charge in [0.1, 0.15) is 23.9 Å². The minimum atomic E-state index is -0.768. The summed E-state index contributed by atoms with van der Waals surface area (Å²) >= 11 is 0. The monoisotopic (exact) mass is 466 g/mol. The number of amides is 1. The summed E-state index contributed by atoms with van der Waals surface area (Å²) in [6, 6.07) is 11.7. The van der Waals surface area contributed by atoms with E-state index in [4.69, 9.17) is 14.2 Å². The van der Waals surface area contributed by atoms with Crippen LogP contribution in [0.25, 0.3) is 5.76 Å². The lowest BCUT2D eigenvalue weighted by Gasteiger charge is -2.28. The van der Waals surface area contributed by atoms with Crippen molar-refractivity contribution in [3.63, 3.8) is 0 Å². The maximum absolute atomic E-state index is 13.2. The van der Waals surface area contributed by atoms with Crippen LogP contribution in [0, 0.1) is 0 Å². The average molecular weight is 467 g/mol. The lowest BCUT2D eigenvalue weighted by atomic mass is 9.94. The second-order valence-electron chi connectivity index (χ2n) is 8.68. The molecule has 2 heterocycles. The van der Waals surface area contributed by atoms with Crippen molar-refractivity contribution in [2.75, 3.05) is 45.4 Å². The second-order valence-corrected chi connectivity index (χ2v) is 8.68. The Morgan fingerprint density at radius 3 is 2.74 bits per heavy atom. The number of Topliss-reactive ketones (excluding diaryl/α,β-unsaturated/α-hetero) is 1. The van der Waals surface area contributed by atoms with Crippen LogP contribution in [0.2, 0.25) is 0 Å². The third-order valence-corrected chi connectivity index (χ3v) is 5.95. The lowest BCUT2D eigenvalue weighted by Crippen LogP contribution is -2.32. The number of likely N-dealkylation sites (tertiary alicyclic amines) is 1. The number of rotatable bonds is 7. The number of fused-ring (bicyclic) bond motifs is 1. The van der Waals surface area contributed by atoms with Crippen LogP contribution in [0.1, 0.15) is 31.0 Å². The van der Waals surface area contributed by atoms with Crippen molar-refractivity contribution in [2.45, 2.75) is 26.0 Å². The fourth-order valence-corrected chi connectivity index (χ4v) is 4.33. The van der Waals surface area contributed by atoms with Crippen molar-refractivity contribution in [3.05, 3.63) is 59.2 Å². The van der Waals surface area contributed by atoms with Gasteiger partial charge >= 0.3 is 0 Å². The van der Waals surface area contributed by atoms with Gasteiger partial charge in [-0.25, -0.2) is 0 Å². The summed E-state index contributed by atoms with van der Waals surface area (Å²) in [5.41, 5.74) is 1.98. The molecule has 2 aromatic rings. The molecule has 8 nitrogen and oxygen atoms in total. The van der Waals surface area contributed by atoms with E-state index in [0.29, 0.717) is 35.8 Å². The van der Waals surface area contributed by atoms with E-state index in [1.54, 1.807) is 24.3 Å². The van der Waals surface area contributed by atoms with Crippen molar-refractivity contribution in [2.24, 2.45) is 0 Å². The summed E-state index contributed by atoms with van der Waals surface area (Å²) in [6.07, 6.45) is -0.0372. The Hall–Kier alpha value is -3.52. The number of methoxy groups -OCH3 is 1. The topological polar surface area (TPSA) is 88.5 Å². The molecule has 2 aliphatic heterocycles. The number of benzene rings is 2. The smallest absolute Gasteiger partial charge is 0.295 e. The first-order valence-corrected chi connectivity index (χ1v) is 11.3. The highest BCUT2D eigenvalue weighted by atomic mass is 16.5. The summed E-state index contributed by atoms with van der Waals surface area (Å²) in [7, 11) is 3.48. The molecule has 1 amide bonds. The van der Waals surface area contributed by atoms with Gasteiger partial charge in [-0.15, -0.1) is 0 Å². The minimum Gasteiger partial charge on any atom is -0.507 e. The van der Waals surface area contributed by atoms with E-state index in [9.17, 15) is 14.7 Å². The SMILES string of the molecule is COCCN1C(=O)C(=O)/C(=C(\O)c2ccc3c(c2)N(C)CCO3)C1c1cccc(OC(C)C)c1. The summed E-state index contributed by atoms with van der Waals surface area (Å²) in [6.45, 7) is 5.60. The van der Waals surface area contributed by atoms with Crippen molar-refractivity contribution in [1.29, 1.82) is 0 Å². The van der Waals surface area contributed by atoms with E-state index in [1.165, 1.54) is 12.0 Å². The van der Waals surface area contributed by atoms with E-state index < -0.39 is 17.7 Å². The largest absolute Gasteiger partial charge is 0.507 e. The Morgan fingerprint density at radius 2 is 2.00 bits per heavy atom. The van der Waals surface area contributed by atoms with E-state index >= 15 is 0 Å². The highest BCUT2D eigenvalue weighted by Crippen LogP contribution is 2.41. The van der Waals surface area contributed by atoms with Crippen LogP contribution in [0.4, 0.5) is 5.69 Å². The minimum absolute atomic E-state index is 0.0372. The zero-order valence-corrected chi connectivity index (χ0v) is 19.9. The Kier molecular flexibility index (Phi) is 6.79. The lowest BCUT2D eigenvalue weighted by molar-refractivity contribution is -0.140. The van der Waals surface area contributed by atoms with Gasteiger partial charge in [0.2, 0.25) is 0 Å². The summed E-state index contributed by atoms with van der Waals surface area (Å²) in [5.74, 6) is -0.285. The number of anilines is 1. The number of hydrogen-bond acceptors (Lipinski definition) is 7. The van der Waals surface area contributed by atoms with Crippen LogP contribution in [0.3, 0.4) is 0 Å². The Balaban J connectivity index is 1.83. The zero-order valence-electron chi connectivity index (χ0n) is 19.9. The van der Waals surface area contributed by atoms with Gasteiger partial charge in [0.15, 0.2) is 0 Å². The van der Waals surface area contributed by atoms with Gasteiger partial charge in [0, 0.05) is 26.3 Å². The molecule has 1 atom stereocenters. The maximum atomic E-state index is 13.2. The van der Waals surface area contributed by atoms with E-state index in [0.717, 1.165) is 5.69 Å². The quantitative estimate of drug-likeness (QED) is 0.380. The number of carbonyl (C=O) groups is 2. The number of ketones is 1. The highest BCUT2D eigenvalue weighted by molar-refractivity contribution is 6.46.